The summed E-state index contributed by atoms with van der Waals surface area (Å²) in [5.74, 6) is 1.16. The number of carbonyl (C=O) groups is 2. The normalized spacial score (nSPS) is 25.3. The lowest BCUT2D eigenvalue weighted by molar-refractivity contribution is -0.124. The number of halogens is 2. The zero-order chi connectivity index (χ0) is 18.7. The summed E-state index contributed by atoms with van der Waals surface area (Å²) in [6.07, 6.45) is 2.28. The molecule has 142 valence electrons. The predicted octanol–water partition coefficient (Wildman–Crippen LogP) is 3.22. The molecule has 0 spiro atoms. The number of alkyl halides is 2. The smallest absolute Gasteiger partial charge is 0.263 e. The number of benzene rings is 1. The van der Waals surface area contributed by atoms with Gasteiger partial charge in [0.05, 0.1) is 6.42 Å². The topological polar surface area (TPSA) is 58.2 Å². The van der Waals surface area contributed by atoms with Crippen molar-refractivity contribution in [3.8, 4) is 0 Å². The molecule has 0 radical (unpaired) electrons. The Kier molecular flexibility index (Phi) is 5.89. The van der Waals surface area contributed by atoms with Crippen molar-refractivity contribution in [1.82, 2.24) is 10.6 Å². The van der Waals surface area contributed by atoms with Crippen LogP contribution in [0.4, 0.5) is 8.78 Å². The van der Waals surface area contributed by atoms with Crippen LogP contribution in [-0.2, 0) is 16.0 Å². The molecule has 0 saturated heterocycles. The van der Waals surface area contributed by atoms with Crippen molar-refractivity contribution in [2.24, 2.45) is 17.8 Å². The summed E-state index contributed by atoms with van der Waals surface area (Å²) < 4.78 is 25.4. The van der Waals surface area contributed by atoms with Crippen molar-refractivity contribution < 1.29 is 18.4 Å². The van der Waals surface area contributed by atoms with Crippen LogP contribution in [0.2, 0.25) is 0 Å². The van der Waals surface area contributed by atoms with Gasteiger partial charge in [0.15, 0.2) is 0 Å². The van der Waals surface area contributed by atoms with Gasteiger partial charge < -0.3 is 10.6 Å². The standard InChI is InChI=1S/C20H26F2N2O2/c1-12(11-23-20(26)18-15-7-2-3-8-16(15)18)24-17(25)10-13-5-4-6-14(9-13)19(21)22/h4-6,9,12,15-16,18-19H,2-3,7-8,10-11H2,1H3,(H,23,26)(H,24,25)/t12-,15-,16+,18?/m1/s1. The van der Waals surface area contributed by atoms with E-state index in [0.29, 0.717) is 23.9 Å². The van der Waals surface area contributed by atoms with E-state index < -0.39 is 6.43 Å². The van der Waals surface area contributed by atoms with Crippen LogP contribution < -0.4 is 10.6 Å². The fraction of sp³-hybridized carbons (Fsp3) is 0.600. The van der Waals surface area contributed by atoms with Crippen molar-refractivity contribution in [3.05, 3.63) is 35.4 Å². The van der Waals surface area contributed by atoms with E-state index in [2.05, 4.69) is 10.6 Å². The molecule has 0 aliphatic heterocycles. The molecule has 2 N–H and O–H groups in total. The molecule has 1 aromatic rings. The molecule has 4 atom stereocenters. The monoisotopic (exact) mass is 364 g/mol. The van der Waals surface area contributed by atoms with Gasteiger partial charge in [-0.1, -0.05) is 31.0 Å². The number of nitrogens with one attached hydrogen (secondary N) is 2. The van der Waals surface area contributed by atoms with E-state index in [1.54, 1.807) is 6.07 Å². The van der Waals surface area contributed by atoms with Gasteiger partial charge >= 0.3 is 0 Å². The quantitative estimate of drug-likeness (QED) is 0.780. The molecule has 2 saturated carbocycles. The molecule has 6 heteroatoms. The molecular weight excluding hydrogens is 338 g/mol. The van der Waals surface area contributed by atoms with Crippen molar-refractivity contribution in [1.29, 1.82) is 0 Å². The Morgan fingerprint density at radius 2 is 1.88 bits per heavy atom. The molecule has 0 bridgehead atoms. The molecule has 2 fully saturated rings. The maximum Gasteiger partial charge on any atom is 0.263 e. The fourth-order valence-corrected chi connectivity index (χ4v) is 4.15. The number of amides is 2. The van der Waals surface area contributed by atoms with Crippen LogP contribution in [0.3, 0.4) is 0 Å². The molecule has 26 heavy (non-hydrogen) atoms. The second-order valence-corrected chi connectivity index (χ2v) is 7.57. The van der Waals surface area contributed by atoms with Gasteiger partial charge in [-0.2, -0.15) is 0 Å². The number of hydrogen-bond donors (Lipinski definition) is 2. The number of hydrogen-bond acceptors (Lipinski definition) is 2. The first-order valence-corrected chi connectivity index (χ1v) is 9.39. The van der Waals surface area contributed by atoms with E-state index in [4.69, 9.17) is 0 Å². The van der Waals surface area contributed by atoms with Gasteiger partial charge in [0.25, 0.3) is 6.43 Å². The molecule has 3 rings (SSSR count). The third-order valence-corrected chi connectivity index (χ3v) is 5.52. The fourth-order valence-electron chi connectivity index (χ4n) is 4.15. The Bertz CT molecular complexity index is 653. The minimum absolute atomic E-state index is 0.0472. The van der Waals surface area contributed by atoms with E-state index in [1.807, 2.05) is 6.92 Å². The Labute approximate surface area is 152 Å². The Hall–Kier alpha value is -1.98. The first-order chi connectivity index (χ1) is 12.5. The highest BCUT2D eigenvalue weighted by molar-refractivity contribution is 5.82. The summed E-state index contributed by atoms with van der Waals surface area (Å²) in [7, 11) is 0. The lowest BCUT2D eigenvalue weighted by Crippen LogP contribution is -2.43. The number of rotatable bonds is 7. The second kappa shape index (κ2) is 8.14. The van der Waals surface area contributed by atoms with Crippen molar-refractivity contribution >= 4 is 11.8 Å². The molecular formula is C20H26F2N2O2. The average molecular weight is 364 g/mol. The summed E-state index contributed by atoms with van der Waals surface area (Å²) in [5, 5.41) is 5.75. The first kappa shape index (κ1) is 18.8. The highest BCUT2D eigenvalue weighted by Crippen LogP contribution is 2.55. The van der Waals surface area contributed by atoms with Crippen LogP contribution in [0.1, 0.15) is 50.2 Å². The molecule has 4 nitrogen and oxygen atoms in total. The van der Waals surface area contributed by atoms with E-state index in [0.717, 1.165) is 12.8 Å². The maximum atomic E-state index is 12.7. The summed E-state index contributed by atoms with van der Waals surface area (Å²) in [4.78, 5) is 24.3. The zero-order valence-corrected chi connectivity index (χ0v) is 15.0. The van der Waals surface area contributed by atoms with Crippen molar-refractivity contribution in [2.75, 3.05) is 6.54 Å². The molecule has 2 aliphatic rings. The summed E-state index contributed by atoms with van der Waals surface area (Å²) >= 11 is 0. The molecule has 0 aromatic heterocycles. The van der Waals surface area contributed by atoms with Gasteiger partial charge in [-0.25, -0.2) is 8.78 Å². The van der Waals surface area contributed by atoms with Crippen LogP contribution in [-0.4, -0.2) is 24.4 Å². The summed E-state index contributed by atoms with van der Waals surface area (Å²) in [5.41, 5.74) is 0.472. The predicted molar refractivity (Wildman–Crippen MR) is 94.7 cm³/mol. The zero-order valence-electron chi connectivity index (χ0n) is 15.0. The van der Waals surface area contributed by atoms with Gasteiger partial charge in [0.1, 0.15) is 0 Å². The minimum atomic E-state index is -2.54. The van der Waals surface area contributed by atoms with Crippen molar-refractivity contribution in [3.63, 3.8) is 0 Å². The summed E-state index contributed by atoms with van der Waals surface area (Å²) in [6.45, 7) is 2.21. The van der Waals surface area contributed by atoms with Crippen molar-refractivity contribution in [2.45, 2.75) is 51.5 Å². The molecule has 2 aliphatic carbocycles. The molecule has 1 aromatic carbocycles. The maximum absolute atomic E-state index is 12.7. The van der Waals surface area contributed by atoms with Crippen LogP contribution >= 0.6 is 0 Å². The van der Waals surface area contributed by atoms with Crippen LogP contribution in [0, 0.1) is 17.8 Å². The van der Waals surface area contributed by atoms with Crippen LogP contribution in [0.25, 0.3) is 0 Å². The van der Waals surface area contributed by atoms with Gasteiger partial charge in [-0.05, 0) is 43.2 Å². The third-order valence-electron chi connectivity index (χ3n) is 5.52. The molecule has 2 amide bonds. The van der Waals surface area contributed by atoms with E-state index >= 15 is 0 Å². The van der Waals surface area contributed by atoms with Gasteiger partial charge in [0.2, 0.25) is 11.8 Å². The number of carbonyl (C=O) groups excluding carboxylic acids is 2. The highest BCUT2D eigenvalue weighted by Gasteiger charge is 2.54. The summed E-state index contributed by atoms with van der Waals surface area (Å²) in [6, 6.07) is 5.69. The Balaban J connectivity index is 1.40. The second-order valence-electron chi connectivity index (χ2n) is 7.57. The van der Waals surface area contributed by atoms with E-state index in [-0.39, 0.29) is 35.8 Å². The molecule has 1 unspecified atom stereocenters. The van der Waals surface area contributed by atoms with Gasteiger partial charge in [0, 0.05) is 24.1 Å². The van der Waals surface area contributed by atoms with E-state index in [1.165, 1.54) is 31.0 Å². The minimum Gasteiger partial charge on any atom is -0.354 e. The van der Waals surface area contributed by atoms with Crippen LogP contribution in [0.15, 0.2) is 24.3 Å². The SMILES string of the molecule is C[C@H](CNC(=O)C1[C@H]2CCCC[C@@H]12)NC(=O)Cc1cccc(C(F)F)c1. The molecule has 0 heterocycles. The lowest BCUT2D eigenvalue weighted by atomic mass is 10.0. The first-order valence-electron chi connectivity index (χ1n) is 9.39. The Morgan fingerprint density at radius 1 is 1.19 bits per heavy atom. The number of fused-ring (bicyclic) bond motifs is 1. The van der Waals surface area contributed by atoms with Gasteiger partial charge in [-0.3, -0.25) is 9.59 Å². The third kappa shape index (κ3) is 4.59. The average Bonchev–Trinajstić information content (AvgIpc) is 3.34. The Morgan fingerprint density at radius 3 is 2.54 bits per heavy atom. The lowest BCUT2D eigenvalue weighted by Gasteiger charge is -2.15. The van der Waals surface area contributed by atoms with Crippen LogP contribution in [0.5, 0.6) is 0 Å². The van der Waals surface area contributed by atoms with E-state index in [9.17, 15) is 18.4 Å². The largest absolute Gasteiger partial charge is 0.354 e. The highest BCUT2D eigenvalue weighted by atomic mass is 19.3. The van der Waals surface area contributed by atoms with Gasteiger partial charge in [-0.15, -0.1) is 0 Å².